The van der Waals surface area contributed by atoms with E-state index in [1.807, 2.05) is 0 Å². The first-order valence-corrected chi connectivity index (χ1v) is 4.62. The van der Waals surface area contributed by atoms with Crippen molar-refractivity contribution in [2.75, 3.05) is 26.7 Å². The number of hydrogen-bond acceptors (Lipinski definition) is 3. The SMILES string of the molecule is CN1CCNCC1CCCC#N. The first-order chi connectivity index (χ1) is 5.84. The summed E-state index contributed by atoms with van der Waals surface area (Å²) in [7, 11) is 2.16. The van der Waals surface area contributed by atoms with Gasteiger partial charge >= 0.3 is 0 Å². The van der Waals surface area contributed by atoms with Crippen LogP contribution in [-0.2, 0) is 0 Å². The van der Waals surface area contributed by atoms with Crippen LogP contribution in [0.3, 0.4) is 0 Å². The van der Waals surface area contributed by atoms with E-state index in [1.165, 1.54) is 0 Å². The lowest BCUT2D eigenvalue weighted by Gasteiger charge is -2.32. The Morgan fingerprint density at radius 2 is 2.50 bits per heavy atom. The van der Waals surface area contributed by atoms with Gasteiger partial charge in [0, 0.05) is 32.1 Å². The number of likely N-dealkylation sites (N-methyl/N-ethyl adjacent to an activating group) is 1. The maximum absolute atomic E-state index is 8.38. The van der Waals surface area contributed by atoms with Gasteiger partial charge in [-0.25, -0.2) is 0 Å². The van der Waals surface area contributed by atoms with Crippen molar-refractivity contribution < 1.29 is 0 Å². The van der Waals surface area contributed by atoms with Crippen LogP contribution in [-0.4, -0.2) is 37.6 Å². The summed E-state index contributed by atoms with van der Waals surface area (Å²) in [6, 6.07) is 2.83. The van der Waals surface area contributed by atoms with Crippen molar-refractivity contribution in [3.63, 3.8) is 0 Å². The van der Waals surface area contributed by atoms with Gasteiger partial charge in [-0.3, -0.25) is 0 Å². The van der Waals surface area contributed by atoms with E-state index in [4.69, 9.17) is 5.26 Å². The third-order valence-electron chi connectivity index (χ3n) is 2.47. The molecule has 1 aliphatic rings. The Labute approximate surface area is 74.4 Å². The topological polar surface area (TPSA) is 39.1 Å². The second-order valence-electron chi connectivity index (χ2n) is 3.39. The molecule has 0 aromatic carbocycles. The largest absolute Gasteiger partial charge is 0.314 e. The summed E-state index contributed by atoms with van der Waals surface area (Å²) in [5.41, 5.74) is 0. The molecule has 1 aliphatic heterocycles. The Bertz CT molecular complexity index is 162. The third kappa shape index (κ3) is 2.80. The number of nitrogens with one attached hydrogen (secondary N) is 1. The van der Waals surface area contributed by atoms with Gasteiger partial charge in [0.2, 0.25) is 0 Å². The molecule has 0 aromatic heterocycles. The van der Waals surface area contributed by atoms with Crippen LogP contribution in [0.4, 0.5) is 0 Å². The molecule has 0 spiro atoms. The molecule has 68 valence electrons. The first-order valence-electron chi connectivity index (χ1n) is 4.62. The molecular weight excluding hydrogens is 150 g/mol. The minimum absolute atomic E-state index is 0.645. The zero-order valence-corrected chi connectivity index (χ0v) is 7.71. The third-order valence-corrected chi connectivity index (χ3v) is 2.47. The molecule has 1 saturated heterocycles. The average Bonchev–Trinajstić information content (AvgIpc) is 2.09. The molecule has 0 amide bonds. The Hall–Kier alpha value is -0.590. The number of piperazine rings is 1. The van der Waals surface area contributed by atoms with Crippen LogP contribution < -0.4 is 5.32 Å². The number of unbranched alkanes of at least 4 members (excludes halogenated alkanes) is 1. The van der Waals surface area contributed by atoms with Crippen LogP contribution in [0.1, 0.15) is 19.3 Å². The Balaban J connectivity index is 2.16. The number of nitrogens with zero attached hydrogens (tertiary/aromatic N) is 2. The van der Waals surface area contributed by atoms with Crippen LogP contribution in [0, 0.1) is 11.3 Å². The summed E-state index contributed by atoms with van der Waals surface area (Å²) >= 11 is 0. The smallest absolute Gasteiger partial charge is 0.0621 e. The van der Waals surface area contributed by atoms with Crippen molar-refractivity contribution in [1.29, 1.82) is 5.26 Å². The second kappa shape index (κ2) is 5.13. The van der Waals surface area contributed by atoms with Crippen LogP contribution in [0.15, 0.2) is 0 Å². The summed E-state index contributed by atoms with van der Waals surface area (Å²) in [6.45, 7) is 3.32. The van der Waals surface area contributed by atoms with Crippen molar-refractivity contribution >= 4 is 0 Å². The molecule has 0 radical (unpaired) electrons. The Morgan fingerprint density at radius 3 is 3.17 bits per heavy atom. The highest BCUT2D eigenvalue weighted by Crippen LogP contribution is 2.08. The second-order valence-corrected chi connectivity index (χ2v) is 3.39. The van der Waals surface area contributed by atoms with Gasteiger partial charge in [0.15, 0.2) is 0 Å². The molecule has 3 heteroatoms. The quantitative estimate of drug-likeness (QED) is 0.625. The fourth-order valence-electron chi connectivity index (χ4n) is 1.60. The maximum Gasteiger partial charge on any atom is 0.0621 e. The van der Waals surface area contributed by atoms with E-state index in [1.54, 1.807) is 0 Å². The molecule has 1 N–H and O–H groups in total. The predicted octanol–water partition coefficient (Wildman–Crippen LogP) is 0.584. The van der Waals surface area contributed by atoms with Gasteiger partial charge in [-0.1, -0.05) is 0 Å². The molecule has 1 rings (SSSR count). The van der Waals surface area contributed by atoms with E-state index in [0.717, 1.165) is 32.5 Å². The highest BCUT2D eigenvalue weighted by molar-refractivity contribution is 4.79. The molecule has 0 aliphatic carbocycles. The fourth-order valence-corrected chi connectivity index (χ4v) is 1.60. The summed E-state index contributed by atoms with van der Waals surface area (Å²) in [5.74, 6) is 0. The lowest BCUT2D eigenvalue weighted by atomic mass is 10.1. The van der Waals surface area contributed by atoms with E-state index in [0.29, 0.717) is 12.5 Å². The lowest BCUT2D eigenvalue weighted by Crippen LogP contribution is -2.49. The van der Waals surface area contributed by atoms with Gasteiger partial charge in [-0.05, 0) is 19.9 Å². The normalized spacial score (nSPS) is 25.2. The van der Waals surface area contributed by atoms with Gasteiger partial charge in [0.25, 0.3) is 0 Å². The van der Waals surface area contributed by atoms with Gasteiger partial charge in [-0.2, -0.15) is 5.26 Å². The van der Waals surface area contributed by atoms with Crippen molar-refractivity contribution in [1.82, 2.24) is 10.2 Å². The van der Waals surface area contributed by atoms with Gasteiger partial charge in [0.05, 0.1) is 6.07 Å². The van der Waals surface area contributed by atoms with Crippen molar-refractivity contribution in [3.8, 4) is 6.07 Å². The molecule has 1 atom stereocenters. The summed E-state index contributed by atoms with van der Waals surface area (Å²) in [4.78, 5) is 2.38. The lowest BCUT2D eigenvalue weighted by molar-refractivity contribution is 0.188. The highest BCUT2D eigenvalue weighted by Gasteiger charge is 2.17. The molecular formula is C9H17N3. The van der Waals surface area contributed by atoms with Gasteiger partial charge < -0.3 is 10.2 Å². The zero-order valence-electron chi connectivity index (χ0n) is 7.71. The van der Waals surface area contributed by atoms with E-state index in [-0.39, 0.29) is 0 Å². The number of rotatable bonds is 3. The molecule has 3 nitrogen and oxygen atoms in total. The van der Waals surface area contributed by atoms with Crippen LogP contribution in [0.5, 0.6) is 0 Å². The molecule has 0 saturated carbocycles. The summed E-state index contributed by atoms with van der Waals surface area (Å²) < 4.78 is 0. The minimum atomic E-state index is 0.645. The molecule has 0 bridgehead atoms. The van der Waals surface area contributed by atoms with Crippen LogP contribution in [0.25, 0.3) is 0 Å². The van der Waals surface area contributed by atoms with E-state index < -0.39 is 0 Å². The Morgan fingerprint density at radius 1 is 1.67 bits per heavy atom. The highest BCUT2D eigenvalue weighted by atomic mass is 15.2. The molecule has 1 unspecified atom stereocenters. The predicted molar refractivity (Wildman–Crippen MR) is 48.8 cm³/mol. The van der Waals surface area contributed by atoms with E-state index in [2.05, 4.69) is 23.3 Å². The monoisotopic (exact) mass is 167 g/mol. The molecule has 0 aromatic rings. The summed E-state index contributed by atoms with van der Waals surface area (Å²) in [5, 5.41) is 11.7. The molecule has 1 fully saturated rings. The minimum Gasteiger partial charge on any atom is -0.314 e. The van der Waals surface area contributed by atoms with E-state index in [9.17, 15) is 0 Å². The summed E-state index contributed by atoms with van der Waals surface area (Å²) in [6.07, 6.45) is 2.88. The van der Waals surface area contributed by atoms with Gasteiger partial charge in [-0.15, -0.1) is 0 Å². The van der Waals surface area contributed by atoms with Crippen LogP contribution in [0.2, 0.25) is 0 Å². The zero-order chi connectivity index (χ0) is 8.81. The average molecular weight is 167 g/mol. The maximum atomic E-state index is 8.38. The van der Waals surface area contributed by atoms with E-state index >= 15 is 0 Å². The van der Waals surface area contributed by atoms with Crippen LogP contribution >= 0.6 is 0 Å². The number of hydrogen-bond donors (Lipinski definition) is 1. The standard InChI is InChI=1S/C9H17N3/c1-12-7-6-11-8-9(12)4-2-3-5-10/h9,11H,2-4,6-8H2,1H3. The van der Waals surface area contributed by atoms with Crippen molar-refractivity contribution in [2.24, 2.45) is 0 Å². The first kappa shape index (κ1) is 9.50. The molecule has 12 heavy (non-hydrogen) atoms. The number of nitriles is 1. The van der Waals surface area contributed by atoms with Crippen molar-refractivity contribution in [2.45, 2.75) is 25.3 Å². The fraction of sp³-hybridized carbons (Fsp3) is 0.889. The molecule has 1 heterocycles. The van der Waals surface area contributed by atoms with Crippen molar-refractivity contribution in [3.05, 3.63) is 0 Å². The van der Waals surface area contributed by atoms with Gasteiger partial charge in [0.1, 0.15) is 0 Å². The Kier molecular flexibility index (Phi) is 4.06.